The first-order valence-corrected chi connectivity index (χ1v) is 9.22. The second-order valence-corrected chi connectivity index (χ2v) is 6.69. The Morgan fingerprint density at radius 1 is 1.15 bits per heavy atom. The molecule has 6 nitrogen and oxygen atoms in total. The minimum absolute atomic E-state index is 0.0228. The maximum absolute atomic E-state index is 13.2. The van der Waals surface area contributed by atoms with Gasteiger partial charge in [-0.1, -0.05) is 30.1 Å². The van der Waals surface area contributed by atoms with Gasteiger partial charge < -0.3 is 18.6 Å². The number of aromatic nitrogens is 1. The fourth-order valence-corrected chi connectivity index (χ4v) is 3.58. The number of nitrogens with zero attached hydrogens (tertiary/aromatic N) is 2. The summed E-state index contributed by atoms with van der Waals surface area (Å²) in [6, 6.07) is 13.2. The number of rotatable bonds is 4. The van der Waals surface area contributed by atoms with Crippen LogP contribution in [0.5, 0.6) is 5.75 Å². The lowest BCUT2D eigenvalue weighted by Gasteiger charge is -2.30. The molecule has 1 saturated heterocycles. The van der Waals surface area contributed by atoms with Crippen LogP contribution in [-0.2, 0) is 0 Å². The Hall–Kier alpha value is -3.02. The molecule has 1 aliphatic heterocycles. The summed E-state index contributed by atoms with van der Waals surface area (Å²) in [7, 11) is 1.65. The van der Waals surface area contributed by atoms with E-state index in [-0.39, 0.29) is 11.9 Å². The normalized spacial score (nSPS) is 17.5. The zero-order chi connectivity index (χ0) is 18.6. The summed E-state index contributed by atoms with van der Waals surface area (Å²) in [4.78, 5) is 15.1. The van der Waals surface area contributed by atoms with Gasteiger partial charge >= 0.3 is 0 Å². The number of benzene rings is 1. The molecule has 0 radical (unpaired) electrons. The molecule has 0 spiro atoms. The maximum Gasteiger partial charge on any atom is 0.276 e. The second-order valence-electron chi connectivity index (χ2n) is 6.69. The van der Waals surface area contributed by atoms with Crippen LogP contribution in [0.15, 0.2) is 57.7 Å². The van der Waals surface area contributed by atoms with Crippen LogP contribution in [-0.4, -0.2) is 29.6 Å². The zero-order valence-corrected chi connectivity index (χ0v) is 15.3. The number of ether oxygens (including phenoxy) is 1. The number of furan rings is 1. The van der Waals surface area contributed by atoms with Crippen molar-refractivity contribution >= 4 is 5.91 Å². The van der Waals surface area contributed by atoms with E-state index in [1.807, 2.05) is 29.2 Å². The standard InChI is InChI=1S/C21H22N2O4/c1-25-16-10-8-15(9-11-16)18-6-3-2-4-12-23(18)21(24)17-14-20(27-22-17)19-7-5-13-26-19/h5,7-11,13-14,18H,2-4,6,12H2,1H3/t18-/m1/s1. The molecule has 0 N–H and O–H groups in total. The summed E-state index contributed by atoms with van der Waals surface area (Å²) in [6.07, 6.45) is 5.69. The first-order chi connectivity index (χ1) is 13.3. The summed E-state index contributed by atoms with van der Waals surface area (Å²) in [5.41, 5.74) is 1.42. The molecule has 0 unspecified atom stereocenters. The third-order valence-electron chi connectivity index (χ3n) is 5.01. The fourth-order valence-electron chi connectivity index (χ4n) is 3.58. The Labute approximate surface area is 157 Å². The van der Waals surface area contributed by atoms with Crippen molar-refractivity contribution in [3.05, 3.63) is 60.0 Å². The van der Waals surface area contributed by atoms with Crippen LogP contribution in [0.3, 0.4) is 0 Å². The molecule has 27 heavy (non-hydrogen) atoms. The van der Waals surface area contributed by atoms with Gasteiger partial charge in [-0.3, -0.25) is 4.79 Å². The van der Waals surface area contributed by atoms with Crippen molar-refractivity contribution in [1.82, 2.24) is 10.1 Å². The molecule has 1 aliphatic rings. The Balaban J connectivity index is 1.60. The number of likely N-dealkylation sites (tertiary alicyclic amines) is 1. The number of amides is 1. The van der Waals surface area contributed by atoms with E-state index in [2.05, 4.69) is 5.16 Å². The lowest BCUT2D eigenvalue weighted by Crippen LogP contribution is -2.35. The molecule has 0 aliphatic carbocycles. The SMILES string of the molecule is COc1ccc([C@H]2CCCCCN2C(=O)c2cc(-c3ccco3)on2)cc1. The molecule has 3 heterocycles. The third kappa shape index (κ3) is 3.60. The first-order valence-electron chi connectivity index (χ1n) is 9.22. The quantitative estimate of drug-likeness (QED) is 0.669. The summed E-state index contributed by atoms with van der Waals surface area (Å²) in [5, 5.41) is 3.99. The lowest BCUT2D eigenvalue weighted by molar-refractivity contribution is 0.0670. The lowest BCUT2D eigenvalue weighted by atomic mass is 10.0. The molecule has 4 rings (SSSR count). The molecule has 1 atom stereocenters. The van der Waals surface area contributed by atoms with Crippen LogP contribution in [0.4, 0.5) is 0 Å². The summed E-state index contributed by atoms with van der Waals surface area (Å²) < 4.78 is 15.9. The molecule has 1 fully saturated rings. The van der Waals surface area contributed by atoms with Crippen molar-refractivity contribution < 1.29 is 18.5 Å². The molecular weight excluding hydrogens is 344 g/mol. The molecule has 0 bridgehead atoms. The summed E-state index contributed by atoms with van der Waals surface area (Å²) >= 11 is 0. The van der Waals surface area contributed by atoms with Gasteiger partial charge in [0.25, 0.3) is 5.91 Å². The van der Waals surface area contributed by atoms with E-state index >= 15 is 0 Å². The van der Waals surface area contributed by atoms with E-state index in [0.29, 0.717) is 23.8 Å². The molecule has 1 amide bonds. The fraction of sp³-hybridized carbons (Fsp3) is 0.333. The summed E-state index contributed by atoms with van der Waals surface area (Å²) in [6.45, 7) is 0.707. The van der Waals surface area contributed by atoms with E-state index in [9.17, 15) is 4.79 Å². The van der Waals surface area contributed by atoms with E-state index in [1.54, 1.807) is 31.6 Å². The molecular formula is C21H22N2O4. The van der Waals surface area contributed by atoms with E-state index < -0.39 is 0 Å². The highest BCUT2D eigenvalue weighted by Gasteiger charge is 2.29. The van der Waals surface area contributed by atoms with Gasteiger partial charge in [-0.2, -0.15) is 0 Å². The molecule has 6 heteroatoms. The Kier molecular flexibility index (Phi) is 4.96. The van der Waals surface area contributed by atoms with Gasteiger partial charge in [0.2, 0.25) is 5.76 Å². The highest BCUT2D eigenvalue weighted by molar-refractivity contribution is 5.93. The van der Waals surface area contributed by atoms with Crippen molar-refractivity contribution in [2.75, 3.05) is 13.7 Å². The van der Waals surface area contributed by atoms with E-state index in [0.717, 1.165) is 37.0 Å². The van der Waals surface area contributed by atoms with Gasteiger partial charge in [0.15, 0.2) is 11.5 Å². The predicted octanol–water partition coefficient (Wildman–Crippen LogP) is 4.70. The molecule has 1 aromatic carbocycles. The van der Waals surface area contributed by atoms with Crippen molar-refractivity contribution in [2.24, 2.45) is 0 Å². The monoisotopic (exact) mass is 366 g/mol. The van der Waals surface area contributed by atoms with Crippen molar-refractivity contribution in [2.45, 2.75) is 31.7 Å². The topological polar surface area (TPSA) is 68.7 Å². The summed E-state index contributed by atoms with van der Waals surface area (Å²) in [5.74, 6) is 1.72. The van der Waals surface area contributed by atoms with Gasteiger partial charge in [0.05, 0.1) is 19.4 Å². The van der Waals surface area contributed by atoms with Crippen molar-refractivity contribution in [1.29, 1.82) is 0 Å². The minimum atomic E-state index is -0.112. The Morgan fingerprint density at radius 3 is 2.74 bits per heavy atom. The number of hydrogen-bond donors (Lipinski definition) is 0. The molecule has 140 valence electrons. The van der Waals surface area contributed by atoms with Gasteiger partial charge in [0, 0.05) is 12.6 Å². The number of carbonyl (C=O) groups is 1. The predicted molar refractivity (Wildman–Crippen MR) is 99.4 cm³/mol. The van der Waals surface area contributed by atoms with Crippen LogP contribution in [0, 0.1) is 0 Å². The van der Waals surface area contributed by atoms with Crippen LogP contribution < -0.4 is 4.74 Å². The maximum atomic E-state index is 13.2. The third-order valence-corrected chi connectivity index (χ3v) is 5.01. The van der Waals surface area contributed by atoms with Crippen LogP contribution in [0.2, 0.25) is 0 Å². The second kappa shape index (κ2) is 7.70. The van der Waals surface area contributed by atoms with Gasteiger partial charge in [0.1, 0.15) is 5.75 Å². The minimum Gasteiger partial charge on any atom is -0.497 e. The largest absolute Gasteiger partial charge is 0.497 e. The number of methoxy groups -OCH3 is 1. The van der Waals surface area contributed by atoms with Crippen molar-refractivity contribution in [3.8, 4) is 17.3 Å². The zero-order valence-electron chi connectivity index (χ0n) is 15.3. The number of carbonyl (C=O) groups excluding carboxylic acids is 1. The van der Waals surface area contributed by atoms with Crippen LogP contribution in [0.25, 0.3) is 11.5 Å². The average molecular weight is 366 g/mol. The van der Waals surface area contributed by atoms with Crippen LogP contribution >= 0.6 is 0 Å². The Bertz CT molecular complexity index is 883. The highest BCUT2D eigenvalue weighted by atomic mass is 16.5. The highest BCUT2D eigenvalue weighted by Crippen LogP contribution is 2.32. The first kappa shape index (κ1) is 17.4. The molecule has 2 aromatic heterocycles. The molecule has 3 aromatic rings. The van der Waals surface area contributed by atoms with Gasteiger partial charge in [-0.15, -0.1) is 0 Å². The van der Waals surface area contributed by atoms with E-state index in [1.165, 1.54) is 0 Å². The molecule has 0 saturated carbocycles. The van der Waals surface area contributed by atoms with Gasteiger partial charge in [-0.05, 0) is 42.7 Å². The smallest absolute Gasteiger partial charge is 0.276 e. The van der Waals surface area contributed by atoms with Crippen molar-refractivity contribution in [3.63, 3.8) is 0 Å². The van der Waals surface area contributed by atoms with Crippen LogP contribution in [0.1, 0.15) is 47.8 Å². The Morgan fingerprint density at radius 2 is 2.00 bits per heavy atom. The average Bonchev–Trinajstić information content (AvgIpc) is 3.35. The van der Waals surface area contributed by atoms with E-state index in [4.69, 9.17) is 13.7 Å². The van der Waals surface area contributed by atoms with Gasteiger partial charge in [-0.25, -0.2) is 0 Å². The number of hydrogen-bond acceptors (Lipinski definition) is 5.